The van der Waals surface area contributed by atoms with Gasteiger partial charge < -0.3 is 5.73 Å². The van der Waals surface area contributed by atoms with Crippen LogP contribution in [0.3, 0.4) is 0 Å². The predicted molar refractivity (Wildman–Crippen MR) is 112 cm³/mol. The fraction of sp³-hybridized carbons (Fsp3) is 0.500. The smallest absolute Gasteiger partial charge is 0.129 e. The maximum absolute atomic E-state index is 8.58. The Morgan fingerprint density at radius 2 is 1.50 bits per heavy atom. The van der Waals surface area contributed by atoms with Crippen molar-refractivity contribution >= 4 is 23.2 Å². The lowest BCUT2D eigenvalue weighted by Gasteiger charge is -2.30. The molecule has 2 unspecified atom stereocenters. The highest BCUT2D eigenvalue weighted by atomic mass is 35.5. The zero-order valence-electron chi connectivity index (χ0n) is 16.1. The third kappa shape index (κ3) is 4.41. The molecule has 148 valence electrons. The summed E-state index contributed by atoms with van der Waals surface area (Å²) in [6, 6.07) is 7.62. The summed E-state index contributed by atoms with van der Waals surface area (Å²) in [6.07, 6.45) is 6.04. The fourth-order valence-electron chi connectivity index (χ4n) is 3.99. The van der Waals surface area contributed by atoms with Crippen molar-refractivity contribution in [2.24, 2.45) is 10.8 Å². The summed E-state index contributed by atoms with van der Waals surface area (Å²) in [5.41, 5.74) is 18.1. The molecule has 0 saturated carbocycles. The Labute approximate surface area is 175 Å². The van der Waals surface area contributed by atoms with Crippen molar-refractivity contribution in [2.45, 2.75) is 63.5 Å². The minimum absolute atomic E-state index is 0.293. The van der Waals surface area contributed by atoms with E-state index >= 15 is 0 Å². The van der Waals surface area contributed by atoms with Gasteiger partial charge in [0.25, 0.3) is 0 Å². The molecule has 0 saturated heterocycles. The van der Waals surface area contributed by atoms with E-state index < -0.39 is 5.54 Å². The summed E-state index contributed by atoms with van der Waals surface area (Å²) in [5.74, 6) is 0. The van der Waals surface area contributed by atoms with E-state index in [0.717, 1.165) is 55.5 Å². The standard InChI is InChI=1S/C10H11ClN4.C10H13ClN2/c1-10(14-15-12)6-2-3-7-4-5-8(11)13-9(7)10;1-10(12)6-2-3-7-4-5-8(11)13-9(7)10/h4-5H,2-3,6H2,1H3;4-5H,2-3,6,12H2,1H3. The quantitative estimate of drug-likeness (QED) is 0.272. The van der Waals surface area contributed by atoms with Gasteiger partial charge in [0.15, 0.2) is 0 Å². The molecular formula is C20H24Cl2N6. The first-order chi connectivity index (χ1) is 13.2. The van der Waals surface area contributed by atoms with Gasteiger partial charge in [0, 0.05) is 4.91 Å². The van der Waals surface area contributed by atoms with E-state index in [0.29, 0.717) is 10.3 Å². The first kappa shape index (κ1) is 20.9. The second-order valence-electron chi connectivity index (χ2n) is 7.87. The molecule has 0 spiro atoms. The Morgan fingerprint density at radius 1 is 0.964 bits per heavy atom. The van der Waals surface area contributed by atoms with Crippen molar-refractivity contribution in [3.05, 3.63) is 67.5 Å². The lowest BCUT2D eigenvalue weighted by molar-refractivity contribution is 0.395. The first-order valence-corrected chi connectivity index (χ1v) is 10.2. The van der Waals surface area contributed by atoms with Crippen LogP contribution in [0.2, 0.25) is 10.3 Å². The Hall–Kier alpha value is -1.85. The van der Waals surface area contributed by atoms with Crippen LogP contribution in [-0.4, -0.2) is 9.97 Å². The molecule has 2 N–H and O–H groups in total. The lowest BCUT2D eigenvalue weighted by Crippen LogP contribution is -2.37. The molecule has 0 aromatic carbocycles. The van der Waals surface area contributed by atoms with Crippen molar-refractivity contribution in [1.29, 1.82) is 0 Å². The number of nitrogens with zero attached hydrogens (tertiary/aromatic N) is 5. The van der Waals surface area contributed by atoms with Gasteiger partial charge in [-0.1, -0.05) is 40.4 Å². The van der Waals surface area contributed by atoms with Gasteiger partial charge >= 0.3 is 0 Å². The van der Waals surface area contributed by atoms with E-state index in [1.54, 1.807) is 6.07 Å². The SMILES string of the molecule is CC1(N)CCCc2ccc(Cl)nc21.CC1(N=[N+]=[N-])CCCc2ccc(Cl)nc21. The van der Waals surface area contributed by atoms with Crippen LogP contribution in [0, 0.1) is 0 Å². The molecule has 4 rings (SSSR count). The molecule has 2 aromatic heterocycles. The first-order valence-electron chi connectivity index (χ1n) is 9.42. The molecule has 0 radical (unpaired) electrons. The van der Waals surface area contributed by atoms with E-state index in [2.05, 4.69) is 20.0 Å². The molecule has 8 heteroatoms. The van der Waals surface area contributed by atoms with Crippen molar-refractivity contribution in [2.75, 3.05) is 0 Å². The van der Waals surface area contributed by atoms with Crippen LogP contribution in [-0.2, 0) is 23.9 Å². The molecule has 2 atom stereocenters. The average molecular weight is 419 g/mol. The highest BCUT2D eigenvalue weighted by molar-refractivity contribution is 6.29. The number of halogens is 2. The molecule has 2 heterocycles. The Balaban J connectivity index is 0.000000162. The number of pyridine rings is 2. The number of azide groups is 1. The minimum Gasteiger partial charge on any atom is -0.320 e. The van der Waals surface area contributed by atoms with E-state index in [9.17, 15) is 0 Å². The second kappa shape index (κ2) is 8.26. The van der Waals surface area contributed by atoms with Crippen LogP contribution in [0.4, 0.5) is 0 Å². The molecule has 28 heavy (non-hydrogen) atoms. The van der Waals surface area contributed by atoms with E-state index in [-0.39, 0.29) is 5.54 Å². The van der Waals surface area contributed by atoms with Gasteiger partial charge in [-0.15, -0.1) is 0 Å². The van der Waals surface area contributed by atoms with Gasteiger partial charge in [-0.25, -0.2) is 9.97 Å². The van der Waals surface area contributed by atoms with Gasteiger partial charge in [-0.3, -0.25) is 0 Å². The highest BCUT2D eigenvalue weighted by Crippen LogP contribution is 2.37. The molecule has 0 amide bonds. The lowest BCUT2D eigenvalue weighted by atomic mass is 9.82. The fourth-order valence-corrected chi connectivity index (χ4v) is 4.29. The van der Waals surface area contributed by atoms with Crippen LogP contribution in [0.15, 0.2) is 29.4 Å². The van der Waals surface area contributed by atoms with Gasteiger partial charge in [-0.2, -0.15) is 0 Å². The van der Waals surface area contributed by atoms with E-state index in [4.69, 9.17) is 34.5 Å². The average Bonchev–Trinajstić information content (AvgIpc) is 2.64. The van der Waals surface area contributed by atoms with Crippen LogP contribution in [0.5, 0.6) is 0 Å². The van der Waals surface area contributed by atoms with Gasteiger partial charge in [-0.05, 0) is 81.2 Å². The number of rotatable bonds is 1. The Kier molecular flexibility index (Phi) is 6.15. The monoisotopic (exact) mass is 418 g/mol. The molecular weight excluding hydrogens is 395 g/mol. The molecule has 0 bridgehead atoms. The third-order valence-electron chi connectivity index (χ3n) is 5.46. The Morgan fingerprint density at radius 3 is 2.11 bits per heavy atom. The number of aryl methyl sites for hydroxylation is 2. The molecule has 0 aliphatic heterocycles. The molecule has 2 aliphatic rings. The number of hydrogen-bond acceptors (Lipinski definition) is 4. The molecule has 2 aromatic rings. The summed E-state index contributed by atoms with van der Waals surface area (Å²) in [4.78, 5) is 11.5. The number of hydrogen-bond donors (Lipinski definition) is 1. The maximum atomic E-state index is 8.58. The zero-order valence-corrected chi connectivity index (χ0v) is 17.6. The minimum atomic E-state index is -0.534. The van der Waals surface area contributed by atoms with E-state index in [1.807, 2.05) is 32.0 Å². The maximum Gasteiger partial charge on any atom is 0.129 e. The number of aromatic nitrogens is 2. The number of nitrogens with two attached hydrogens (primary N) is 1. The van der Waals surface area contributed by atoms with Crippen LogP contribution < -0.4 is 5.73 Å². The predicted octanol–water partition coefficient (Wildman–Crippen LogP) is 5.84. The normalized spacial score (nSPS) is 25.5. The number of fused-ring (bicyclic) bond motifs is 2. The van der Waals surface area contributed by atoms with Crippen molar-refractivity contribution < 1.29 is 0 Å². The molecule has 6 nitrogen and oxygen atoms in total. The van der Waals surface area contributed by atoms with Gasteiger partial charge in [0.05, 0.1) is 22.5 Å². The third-order valence-corrected chi connectivity index (χ3v) is 5.88. The summed E-state index contributed by atoms with van der Waals surface area (Å²) in [7, 11) is 0. The van der Waals surface area contributed by atoms with E-state index in [1.165, 1.54) is 5.56 Å². The zero-order chi connectivity index (χ0) is 20.4. The van der Waals surface area contributed by atoms with Crippen molar-refractivity contribution in [1.82, 2.24) is 9.97 Å². The Bertz CT molecular complexity index is 923. The molecule has 2 aliphatic carbocycles. The van der Waals surface area contributed by atoms with Gasteiger partial charge in [0.1, 0.15) is 10.3 Å². The van der Waals surface area contributed by atoms with Gasteiger partial charge in [0.2, 0.25) is 0 Å². The van der Waals surface area contributed by atoms with Crippen molar-refractivity contribution in [3.63, 3.8) is 0 Å². The largest absolute Gasteiger partial charge is 0.320 e. The summed E-state index contributed by atoms with van der Waals surface area (Å²) >= 11 is 11.7. The van der Waals surface area contributed by atoms with Crippen LogP contribution in [0.1, 0.15) is 62.0 Å². The summed E-state index contributed by atoms with van der Waals surface area (Å²) < 4.78 is 0. The van der Waals surface area contributed by atoms with Crippen molar-refractivity contribution in [3.8, 4) is 0 Å². The van der Waals surface area contributed by atoms with Crippen LogP contribution >= 0.6 is 23.2 Å². The van der Waals surface area contributed by atoms with Crippen LogP contribution in [0.25, 0.3) is 10.4 Å². The molecule has 0 fully saturated rings. The summed E-state index contributed by atoms with van der Waals surface area (Å²) in [6.45, 7) is 3.93. The second-order valence-corrected chi connectivity index (χ2v) is 8.65. The highest BCUT2D eigenvalue weighted by Gasteiger charge is 2.33. The topological polar surface area (TPSA) is 101 Å². The summed E-state index contributed by atoms with van der Waals surface area (Å²) in [5, 5.41) is 4.85.